The van der Waals surface area contributed by atoms with Crippen LogP contribution in [-0.4, -0.2) is 10.8 Å². The number of hydrogen-bond donors (Lipinski definition) is 0. The van der Waals surface area contributed by atoms with Crippen LogP contribution in [0.1, 0.15) is 5.69 Å². The van der Waals surface area contributed by atoms with Gasteiger partial charge in [-0.05, 0) is 42.5 Å². The molecule has 0 saturated carbocycles. The van der Waals surface area contributed by atoms with Gasteiger partial charge in [-0.25, -0.2) is 0 Å². The summed E-state index contributed by atoms with van der Waals surface area (Å²) in [6.07, 6.45) is 3.87. The lowest BCUT2D eigenvalue weighted by Gasteiger charge is -2.05. The highest BCUT2D eigenvalue weighted by atomic mass is 35.5. The molecule has 0 saturated heterocycles. The Morgan fingerprint density at radius 1 is 0.900 bits per heavy atom. The molecule has 3 heteroatoms. The minimum atomic E-state index is 0.693. The van der Waals surface area contributed by atoms with Crippen LogP contribution in [0, 0.1) is 0 Å². The van der Waals surface area contributed by atoms with Crippen molar-refractivity contribution in [3.8, 4) is 5.69 Å². The van der Waals surface area contributed by atoms with Crippen LogP contribution in [0.2, 0.25) is 5.02 Å². The lowest BCUT2D eigenvalue weighted by molar-refractivity contribution is 1.07. The predicted molar refractivity (Wildman–Crippen MR) is 84.5 cm³/mol. The summed E-state index contributed by atoms with van der Waals surface area (Å²) in [6, 6.07) is 21.7. The molecule has 0 unspecified atom stereocenters. The van der Waals surface area contributed by atoms with Gasteiger partial charge in [-0.15, -0.1) is 0 Å². The number of nitrogens with zero attached hydrogens (tertiary/aromatic N) is 2. The van der Waals surface area contributed by atoms with Crippen LogP contribution in [0.3, 0.4) is 0 Å². The van der Waals surface area contributed by atoms with Crippen LogP contribution in [0.15, 0.2) is 77.9 Å². The normalized spacial score (nSPS) is 11.1. The first-order valence-corrected chi connectivity index (χ1v) is 6.73. The Morgan fingerprint density at radius 2 is 1.75 bits per heavy atom. The van der Waals surface area contributed by atoms with E-state index in [2.05, 4.69) is 21.7 Å². The Bertz CT molecular complexity index is 730. The molecule has 0 aliphatic heterocycles. The first-order valence-electron chi connectivity index (χ1n) is 6.35. The number of aliphatic imine (C=N–C) groups is 1. The Labute approximate surface area is 123 Å². The zero-order chi connectivity index (χ0) is 13.8. The number of aromatic nitrogens is 1. The molecule has 0 radical (unpaired) electrons. The van der Waals surface area contributed by atoms with Crippen molar-refractivity contribution >= 4 is 23.5 Å². The van der Waals surface area contributed by atoms with E-state index < -0.39 is 0 Å². The fourth-order valence-electron chi connectivity index (χ4n) is 2.02. The van der Waals surface area contributed by atoms with E-state index in [9.17, 15) is 0 Å². The summed E-state index contributed by atoms with van der Waals surface area (Å²) in [5.74, 6) is 0. The molecule has 1 heterocycles. The van der Waals surface area contributed by atoms with Crippen LogP contribution in [-0.2, 0) is 0 Å². The zero-order valence-corrected chi connectivity index (χ0v) is 11.5. The van der Waals surface area contributed by atoms with E-state index in [1.54, 1.807) is 0 Å². The number of halogens is 1. The summed E-state index contributed by atoms with van der Waals surface area (Å²) in [7, 11) is 0. The fourth-order valence-corrected chi connectivity index (χ4v) is 2.20. The van der Waals surface area contributed by atoms with E-state index in [0.717, 1.165) is 17.1 Å². The van der Waals surface area contributed by atoms with Gasteiger partial charge in [-0.1, -0.05) is 35.9 Å². The molecule has 3 rings (SSSR count). The lowest BCUT2D eigenvalue weighted by Crippen LogP contribution is -1.97. The highest BCUT2D eigenvalue weighted by molar-refractivity contribution is 6.30. The molecule has 2 aromatic carbocycles. The van der Waals surface area contributed by atoms with E-state index in [1.807, 2.05) is 67.0 Å². The minimum Gasteiger partial charge on any atom is -0.316 e. The number of benzene rings is 2. The van der Waals surface area contributed by atoms with Crippen LogP contribution < -0.4 is 0 Å². The Kier molecular flexibility index (Phi) is 3.66. The maximum atomic E-state index is 5.95. The van der Waals surface area contributed by atoms with Crippen molar-refractivity contribution in [3.63, 3.8) is 0 Å². The van der Waals surface area contributed by atoms with Crippen LogP contribution in [0.4, 0.5) is 5.69 Å². The summed E-state index contributed by atoms with van der Waals surface area (Å²) in [4.78, 5) is 4.47. The van der Waals surface area contributed by atoms with Crippen molar-refractivity contribution in [3.05, 3.63) is 83.6 Å². The molecule has 0 fully saturated rings. The smallest absolute Gasteiger partial charge is 0.0645 e. The number of hydrogen-bond acceptors (Lipinski definition) is 1. The van der Waals surface area contributed by atoms with Gasteiger partial charge in [0, 0.05) is 16.9 Å². The Hall–Kier alpha value is -2.32. The molecule has 98 valence electrons. The van der Waals surface area contributed by atoms with Crippen molar-refractivity contribution in [2.45, 2.75) is 0 Å². The van der Waals surface area contributed by atoms with Crippen molar-refractivity contribution < 1.29 is 0 Å². The van der Waals surface area contributed by atoms with Gasteiger partial charge >= 0.3 is 0 Å². The molecule has 20 heavy (non-hydrogen) atoms. The quantitative estimate of drug-likeness (QED) is 0.608. The molecule has 0 aliphatic rings. The second-order valence-electron chi connectivity index (χ2n) is 4.38. The Morgan fingerprint density at radius 3 is 2.55 bits per heavy atom. The van der Waals surface area contributed by atoms with Gasteiger partial charge in [0.1, 0.15) is 0 Å². The van der Waals surface area contributed by atoms with E-state index >= 15 is 0 Å². The summed E-state index contributed by atoms with van der Waals surface area (Å²) in [5.41, 5.74) is 2.99. The van der Waals surface area contributed by atoms with E-state index in [0.29, 0.717) is 5.02 Å². The van der Waals surface area contributed by atoms with Crippen molar-refractivity contribution in [2.24, 2.45) is 4.99 Å². The van der Waals surface area contributed by atoms with Crippen molar-refractivity contribution in [1.29, 1.82) is 0 Å². The third-order valence-electron chi connectivity index (χ3n) is 2.97. The lowest BCUT2D eigenvalue weighted by atomic mass is 10.3. The highest BCUT2D eigenvalue weighted by Crippen LogP contribution is 2.18. The third kappa shape index (κ3) is 2.81. The molecule has 0 N–H and O–H groups in total. The molecular weight excluding hydrogens is 268 g/mol. The molecule has 0 bridgehead atoms. The molecule has 0 amide bonds. The highest BCUT2D eigenvalue weighted by Gasteiger charge is 2.00. The Balaban J connectivity index is 1.91. The second-order valence-corrected chi connectivity index (χ2v) is 4.81. The largest absolute Gasteiger partial charge is 0.316 e. The van der Waals surface area contributed by atoms with Crippen molar-refractivity contribution in [2.75, 3.05) is 0 Å². The molecule has 1 aromatic heterocycles. The second kappa shape index (κ2) is 5.76. The molecule has 0 spiro atoms. The van der Waals surface area contributed by atoms with Crippen molar-refractivity contribution in [1.82, 2.24) is 4.57 Å². The van der Waals surface area contributed by atoms with Gasteiger partial charge in [0.25, 0.3) is 0 Å². The average molecular weight is 281 g/mol. The third-order valence-corrected chi connectivity index (χ3v) is 3.20. The van der Waals surface area contributed by atoms with Gasteiger partial charge in [-0.3, -0.25) is 4.99 Å². The standard InChI is InChI=1S/C17H13ClN2/c18-14-6-4-7-15(12-14)19-13-17-10-5-11-20(17)16-8-2-1-3-9-16/h1-13H. The summed E-state index contributed by atoms with van der Waals surface area (Å²) < 4.78 is 2.09. The first-order chi connectivity index (χ1) is 9.83. The molecule has 0 atom stereocenters. The van der Waals surface area contributed by atoms with Gasteiger partial charge in [0.05, 0.1) is 17.6 Å². The van der Waals surface area contributed by atoms with Gasteiger partial charge in [0.2, 0.25) is 0 Å². The fraction of sp³-hybridized carbons (Fsp3) is 0. The van der Waals surface area contributed by atoms with Crippen LogP contribution in [0.25, 0.3) is 5.69 Å². The molecule has 0 aliphatic carbocycles. The SMILES string of the molecule is Clc1cccc(N=Cc2cccn2-c2ccccc2)c1. The summed E-state index contributed by atoms with van der Waals surface area (Å²) >= 11 is 5.95. The average Bonchev–Trinajstić information content (AvgIpc) is 2.95. The van der Waals surface area contributed by atoms with E-state index in [4.69, 9.17) is 11.6 Å². The first kappa shape index (κ1) is 12.7. The summed E-state index contributed by atoms with van der Waals surface area (Å²) in [6.45, 7) is 0. The monoisotopic (exact) mass is 280 g/mol. The van der Waals surface area contributed by atoms with E-state index in [1.165, 1.54) is 0 Å². The minimum absolute atomic E-state index is 0.693. The van der Waals surface area contributed by atoms with E-state index in [-0.39, 0.29) is 0 Å². The van der Waals surface area contributed by atoms with Crippen LogP contribution >= 0.6 is 11.6 Å². The maximum absolute atomic E-state index is 5.95. The predicted octanol–water partition coefficient (Wildman–Crippen LogP) is 4.88. The van der Waals surface area contributed by atoms with Gasteiger partial charge in [0.15, 0.2) is 0 Å². The van der Waals surface area contributed by atoms with Gasteiger partial charge in [-0.2, -0.15) is 0 Å². The van der Waals surface area contributed by atoms with Gasteiger partial charge < -0.3 is 4.57 Å². The number of rotatable bonds is 3. The molecular formula is C17H13ClN2. The molecule has 3 aromatic rings. The number of para-hydroxylation sites is 1. The maximum Gasteiger partial charge on any atom is 0.0645 e. The topological polar surface area (TPSA) is 17.3 Å². The van der Waals surface area contributed by atoms with Crippen LogP contribution in [0.5, 0.6) is 0 Å². The zero-order valence-electron chi connectivity index (χ0n) is 10.8. The molecule has 2 nitrogen and oxygen atoms in total. The summed E-state index contributed by atoms with van der Waals surface area (Å²) in [5, 5.41) is 0.693.